The number of primary amides is 1. The van der Waals surface area contributed by atoms with Crippen molar-refractivity contribution in [1.82, 2.24) is 15.4 Å². The Kier molecular flexibility index (Phi) is 1.82. The first-order chi connectivity index (χ1) is 6.29. The van der Waals surface area contributed by atoms with Crippen molar-refractivity contribution in [2.45, 2.75) is 0 Å². The Morgan fingerprint density at radius 3 is 3.00 bits per heavy atom. The Morgan fingerprint density at radius 1 is 1.54 bits per heavy atom. The monoisotopic (exact) mass is 194 g/mol. The van der Waals surface area contributed by atoms with Crippen molar-refractivity contribution in [3.05, 3.63) is 22.5 Å². The average Bonchev–Trinajstić information content (AvgIpc) is 2.74. The van der Waals surface area contributed by atoms with E-state index in [-0.39, 0.29) is 5.69 Å². The molecule has 0 aliphatic rings. The minimum absolute atomic E-state index is 0.179. The second-order valence-corrected chi connectivity index (χ2v) is 3.18. The molecular formula is C7H6N4OS. The van der Waals surface area contributed by atoms with Crippen molar-refractivity contribution in [1.29, 1.82) is 0 Å². The molecule has 0 atom stereocenters. The van der Waals surface area contributed by atoms with Gasteiger partial charge in [0.2, 0.25) is 0 Å². The number of amides is 1. The van der Waals surface area contributed by atoms with Crippen LogP contribution in [-0.4, -0.2) is 21.3 Å². The van der Waals surface area contributed by atoms with E-state index < -0.39 is 5.91 Å². The lowest BCUT2D eigenvalue weighted by atomic mass is 10.2. The van der Waals surface area contributed by atoms with Gasteiger partial charge in [0.1, 0.15) is 5.69 Å². The summed E-state index contributed by atoms with van der Waals surface area (Å²) in [7, 11) is 0. The third-order valence-corrected chi connectivity index (χ3v) is 2.26. The molecule has 0 saturated carbocycles. The molecule has 2 aromatic rings. The van der Waals surface area contributed by atoms with Crippen molar-refractivity contribution in [3.8, 4) is 11.3 Å². The van der Waals surface area contributed by atoms with Crippen molar-refractivity contribution in [2.24, 2.45) is 5.73 Å². The molecule has 13 heavy (non-hydrogen) atoms. The van der Waals surface area contributed by atoms with Crippen LogP contribution in [0.2, 0.25) is 0 Å². The molecule has 66 valence electrons. The van der Waals surface area contributed by atoms with Gasteiger partial charge in [-0.15, -0.1) is 0 Å². The summed E-state index contributed by atoms with van der Waals surface area (Å²) in [4.78, 5) is 10.9. The maximum absolute atomic E-state index is 10.9. The summed E-state index contributed by atoms with van der Waals surface area (Å²) >= 11 is 1.52. The predicted molar refractivity (Wildman–Crippen MR) is 48.2 cm³/mol. The van der Waals surface area contributed by atoms with Crippen LogP contribution in [0.15, 0.2) is 16.8 Å². The van der Waals surface area contributed by atoms with E-state index >= 15 is 0 Å². The Labute approximate surface area is 77.6 Å². The lowest BCUT2D eigenvalue weighted by Gasteiger charge is -1.91. The second-order valence-electron chi connectivity index (χ2n) is 2.40. The number of carbonyl (C=O) groups is 1. The number of hydrogen-bond donors (Lipinski definition) is 2. The smallest absolute Gasteiger partial charge is 0.271 e. The molecule has 0 unspecified atom stereocenters. The molecule has 0 fully saturated rings. The highest BCUT2D eigenvalue weighted by Crippen LogP contribution is 2.21. The average molecular weight is 194 g/mol. The minimum atomic E-state index is -0.574. The molecule has 0 aromatic carbocycles. The number of rotatable bonds is 2. The van der Waals surface area contributed by atoms with Gasteiger partial charge in [-0.2, -0.15) is 26.7 Å². The van der Waals surface area contributed by atoms with Crippen LogP contribution in [0.3, 0.4) is 0 Å². The Balaban J connectivity index is 2.52. The first-order valence-corrected chi connectivity index (χ1v) is 4.46. The number of nitrogens with zero attached hydrogens (tertiary/aromatic N) is 2. The first-order valence-electron chi connectivity index (χ1n) is 3.52. The zero-order valence-electron chi connectivity index (χ0n) is 6.52. The molecule has 1 amide bonds. The van der Waals surface area contributed by atoms with E-state index in [0.29, 0.717) is 5.69 Å². The summed E-state index contributed by atoms with van der Waals surface area (Å²) in [5.41, 5.74) is 6.65. The predicted octanol–water partition coefficient (Wildman–Crippen LogP) is 0.632. The van der Waals surface area contributed by atoms with Gasteiger partial charge < -0.3 is 5.73 Å². The number of thiophene rings is 1. The molecule has 3 N–H and O–H groups in total. The Morgan fingerprint density at radius 2 is 2.38 bits per heavy atom. The third-order valence-electron chi connectivity index (χ3n) is 1.58. The van der Waals surface area contributed by atoms with Crippen LogP contribution in [0.4, 0.5) is 0 Å². The summed E-state index contributed by atoms with van der Waals surface area (Å²) in [5, 5.41) is 13.7. The van der Waals surface area contributed by atoms with Gasteiger partial charge in [-0.3, -0.25) is 4.79 Å². The molecule has 5 nitrogen and oxygen atoms in total. The van der Waals surface area contributed by atoms with Gasteiger partial charge in [0.15, 0.2) is 5.69 Å². The molecule has 0 radical (unpaired) electrons. The van der Waals surface area contributed by atoms with Crippen LogP contribution >= 0.6 is 11.3 Å². The van der Waals surface area contributed by atoms with Gasteiger partial charge in [-0.05, 0) is 11.4 Å². The molecule has 2 heterocycles. The van der Waals surface area contributed by atoms with Crippen LogP contribution in [0.25, 0.3) is 11.3 Å². The fourth-order valence-corrected chi connectivity index (χ4v) is 1.64. The summed E-state index contributed by atoms with van der Waals surface area (Å²) in [6.07, 6.45) is 0. The summed E-state index contributed by atoms with van der Waals surface area (Å²) in [6, 6.07) is 1.86. The van der Waals surface area contributed by atoms with E-state index in [2.05, 4.69) is 15.4 Å². The van der Waals surface area contributed by atoms with Gasteiger partial charge in [-0.25, -0.2) is 0 Å². The van der Waals surface area contributed by atoms with E-state index in [1.165, 1.54) is 11.3 Å². The zero-order valence-corrected chi connectivity index (χ0v) is 7.34. The number of nitrogens with two attached hydrogens (primary N) is 1. The van der Waals surface area contributed by atoms with Crippen molar-refractivity contribution >= 4 is 17.2 Å². The van der Waals surface area contributed by atoms with Crippen molar-refractivity contribution < 1.29 is 4.79 Å². The number of carbonyl (C=O) groups excluding carboxylic acids is 1. The fraction of sp³-hybridized carbons (Fsp3) is 0. The second kappa shape index (κ2) is 2.98. The molecule has 0 spiro atoms. The SMILES string of the molecule is NC(=O)c1n[nH]nc1-c1ccsc1. The van der Waals surface area contributed by atoms with E-state index in [0.717, 1.165) is 5.56 Å². The number of hydrogen-bond acceptors (Lipinski definition) is 4. The van der Waals surface area contributed by atoms with Gasteiger partial charge in [0.25, 0.3) is 5.91 Å². The van der Waals surface area contributed by atoms with Gasteiger partial charge in [0, 0.05) is 10.9 Å². The molecule has 6 heteroatoms. The summed E-state index contributed by atoms with van der Waals surface area (Å²) < 4.78 is 0. The summed E-state index contributed by atoms with van der Waals surface area (Å²) in [6.45, 7) is 0. The van der Waals surface area contributed by atoms with Crippen molar-refractivity contribution in [2.75, 3.05) is 0 Å². The maximum Gasteiger partial charge on any atom is 0.271 e. The van der Waals surface area contributed by atoms with Crippen LogP contribution < -0.4 is 5.73 Å². The van der Waals surface area contributed by atoms with Crippen LogP contribution in [0, 0.1) is 0 Å². The number of H-pyrrole nitrogens is 1. The lowest BCUT2D eigenvalue weighted by Crippen LogP contribution is -2.12. The summed E-state index contributed by atoms with van der Waals surface area (Å²) in [5.74, 6) is -0.574. The molecule has 0 aliphatic carbocycles. The largest absolute Gasteiger partial charge is 0.364 e. The van der Waals surface area contributed by atoms with Gasteiger partial charge >= 0.3 is 0 Å². The molecule has 2 rings (SSSR count). The Hall–Kier alpha value is -1.69. The topological polar surface area (TPSA) is 84.7 Å². The quantitative estimate of drug-likeness (QED) is 0.735. The Bertz CT molecular complexity index is 419. The van der Waals surface area contributed by atoms with Crippen LogP contribution in [0.5, 0.6) is 0 Å². The van der Waals surface area contributed by atoms with E-state index in [1.54, 1.807) is 0 Å². The van der Waals surface area contributed by atoms with E-state index in [4.69, 9.17) is 5.73 Å². The van der Waals surface area contributed by atoms with Gasteiger partial charge in [0.05, 0.1) is 0 Å². The van der Waals surface area contributed by atoms with E-state index in [9.17, 15) is 4.79 Å². The number of aromatic amines is 1. The highest BCUT2D eigenvalue weighted by Gasteiger charge is 2.14. The molecule has 0 bridgehead atoms. The molecule has 2 aromatic heterocycles. The molecular weight excluding hydrogens is 188 g/mol. The van der Waals surface area contributed by atoms with Crippen LogP contribution in [0.1, 0.15) is 10.5 Å². The van der Waals surface area contributed by atoms with E-state index in [1.807, 2.05) is 16.8 Å². The lowest BCUT2D eigenvalue weighted by molar-refractivity contribution is 0.0996. The number of aromatic nitrogens is 3. The minimum Gasteiger partial charge on any atom is -0.364 e. The first kappa shape index (κ1) is 7.93. The molecule has 0 aliphatic heterocycles. The van der Waals surface area contributed by atoms with Crippen LogP contribution in [-0.2, 0) is 0 Å². The third kappa shape index (κ3) is 1.31. The normalized spacial score (nSPS) is 10.2. The maximum atomic E-state index is 10.9. The van der Waals surface area contributed by atoms with Gasteiger partial charge in [-0.1, -0.05) is 0 Å². The number of nitrogens with one attached hydrogen (secondary N) is 1. The molecule has 0 saturated heterocycles. The fourth-order valence-electron chi connectivity index (χ4n) is 1.00. The van der Waals surface area contributed by atoms with Crippen molar-refractivity contribution in [3.63, 3.8) is 0 Å². The highest BCUT2D eigenvalue weighted by molar-refractivity contribution is 7.08. The zero-order chi connectivity index (χ0) is 9.26. The highest BCUT2D eigenvalue weighted by atomic mass is 32.1. The standard InChI is InChI=1S/C7H6N4OS/c8-7(12)6-5(9-11-10-6)4-1-2-13-3-4/h1-3H,(H2,8,12)(H,9,10,11).